The van der Waals surface area contributed by atoms with Crippen molar-refractivity contribution in [2.75, 3.05) is 0 Å². The van der Waals surface area contributed by atoms with Gasteiger partial charge in [-0.2, -0.15) is 0 Å². The highest BCUT2D eigenvalue weighted by Crippen LogP contribution is 2.47. The van der Waals surface area contributed by atoms with Crippen molar-refractivity contribution in [3.8, 4) is 28.3 Å². The van der Waals surface area contributed by atoms with Gasteiger partial charge >= 0.3 is 0 Å². The minimum atomic E-state index is 0.705. The molecule has 9 aromatic rings. The zero-order valence-electron chi connectivity index (χ0n) is 21.8. The van der Waals surface area contributed by atoms with Gasteiger partial charge in [0.25, 0.3) is 0 Å². The molecule has 0 amide bonds. The van der Waals surface area contributed by atoms with Gasteiger partial charge in [-0.05, 0) is 35.4 Å². The fourth-order valence-corrected chi connectivity index (χ4v) is 8.50. The van der Waals surface area contributed by atoms with Crippen LogP contribution in [0.4, 0.5) is 0 Å². The molecule has 0 saturated carbocycles. The van der Waals surface area contributed by atoms with E-state index >= 15 is 0 Å². The summed E-state index contributed by atoms with van der Waals surface area (Å²) in [6.45, 7) is 0. The third kappa shape index (κ3) is 3.43. The van der Waals surface area contributed by atoms with Gasteiger partial charge in [-0.1, -0.05) is 103 Å². The number of rotatable bonds is 3. The molecule has 0 bridgehead atoms. The first kappa shape index (κ1) is 22.9. The molecule has 9 rings (SSSR count). The smallest absolute Gasteiger partial charge is 0.235 e. The van der Waals surface area contributed by atoms with Crippen LogP contribution in [0.25, 0.3) is 79.8 Å². The van der Waals surface area contributed by atoms with E-state index in [0.29, 0.717) is 5.95 Å². The molecular formula is C36H21N3S2. The summed E-state index contributed by atoms with van der Waals surface area (Å²) in [4.78, 5) is 10.6. The first-order valence-electron chi connectivity index (χ1n) is 13.6. The summed E-state index contributed by atoms with van der Waals surface area (Å²) in [7, 11) is 0. The lowest BCUT2D eigenvalue weighted by atomic mass is 10.00. The van der Waals surface area contributed by atoms with Gasteiger partial charge in [0, 0.05) is 31.1 Å². The average molecular weight is 560 g/mol. The number of para-hydroxylation sites is 1. The van der Waals surface area contributed by atoms with E-state index in [0.717, 1.165) is 22.2 Å². The van der Waals surface area contributed by atoms with E-state index in [9.17, 15) is 0 Å². The summed E-state index contributed by atoms with van der Waals surface area (Å²) in [6.07, 6.45) is 0. The molecule has 0 unspecified atom stereocenters. The molecule has 0 aliphatic carbocycles. The van der Waals surface area contributed by atoms with Crippen LogP contribution in [0.5, 0.6) is 0 Å². The highest BCUT2D eigenvalue weighted by Gasteiger charge is 2.24. The maximum absolute atomic E-state index is 5.38. The largest absolute Gasteiger partial charge is 0.275 e. The molecule has 3 nitrogen and oxygen atoms in total. The van der Waals surface area contributed by atoms with Gasteiger partial charge in [0.05, 0.1) is 31.6 Å². The molecule has 192 valence electrons. The predicted octanol–water partition coefficient (Wildman–Crippen LogP) is 10.5. The van der Waals surface area contributed by atoms with Gasteiger partial charge in [-0.25, -0.2) is 9.97 Å². The van der Waals surface area contributed by atoms with Crippen molar-refractivity contribution in [1.29, 1.82) is 0 Å². The second-order valence-electron chi connectivity index (χ2n) is 10.2. The van der Waals surface area contributed by atoms with Crippen LogP contribution in [0, 0.1) is 0 Å². The Bertz CT molecular complexity index is 2340. The molecule has 0 N–H and O–H groups in total. The van der Waals surface area contributed by atoms with Crippen molar-refractivity contribution in [1.82, 2.24) is 14.5 Å². The molecule has 0 spiro atoms. The van der Waals surface area contributed by atoms with Gasteiger partial charge in [-0.3, -0.25) is 4.57 Å². The molecule has 0 radical (unpaired) electrons. The molecule has 4 aromatic heterocycles. The fourth-order valence-electron chi connectivity index (χ4n) is 5.99. The molecule has 5 aromatic carbocycles. The van der Waals surface area contributed by atoms with Crippen LogP contribution in [0.15, 0.2) is 127 Å². The molecule has 4 heterocycles. The van der Waals surface area contributed by atoms with Gasteiger partial charge in [0.15, 0.2) is 0 Å². The number of hydrogen-bond acceptors (Lipinski definition) is 4. The molecule has 0 saturated heterocycles. The number of aromatic nitrogens is 3. The highest BCUT2D eigenvalue weighted by atomic mass is 32.1. The Morgan fingerprint density at radius 3 is 1.73 bits per heavy atom. The minimum absolute atomic E-state index is 0.705. The Morgan fingerprint density at radius 2 is 1.02 bits per heavy atom. The Kier molecular flexibility index (Phi) is 4.94. The molecular weight excluding hydrogens is 539 g/mol. The number of benzene rings is 5. The molecule has 5 heteroatoms. The van der Waals surface area contributed by atoms with Crippen LogP contribution in [-0.2, 0) is 0 Å². The van der Waals surface area contributed by atoms with Gasteiger partial charge in [-0.15, -0.1) is 22.7 Å². The summed E-state index contributed by atoms with van der Waals surface area (Å²) in [5.74, 6) is 0.705. The number of nitrogens with zero attached hydrogens (tertiary/aromatic N) is 3. The standard InChI is InChI=1S/C36H21N3S2/c1-2-11-22(12-3-1)23-13-10-14-24(21-23)31-25-15-4-7-18-28(25)37-36(38-31)39-32-26-16-5-8-19-29(26)40-34(32)35-33(39)27-17-6-9-20-30(27)41-35/h1-21H. The Morgan fingerprint density at radius 1 is 0.463 bits per heavy atom. The predicted molar refractivity (Wildman–Crippen MR) is 176 cm³/mol. The van der Waals surface area contributed by atoms with Gasteiger partial charge in [0.2, 0.25) is 5.95 Å². The zero-order chi connectivity index (χ0) is 26.9. The van der Waals surface area contributed by atoms with E-state index in [2.05, 4.69) is 132 Å². The minimum Gasteiger partial charge on any atom is -0.275 e. The van der Waals surface area contributed by atoms with Crippen molar-refractivity contribution in [3.63, 3.8) is 0 Å². The van der Waals surface area contributed by atoms with Crippen LogP contribution in [0.1, 0.15) is 0 Å². The maximum atomic E-state index is 5.38. The van der Waals surface area contributed by atoms with Crippen LogP contribution >= 0.6 is 22.7 Å². The lowest BCUT2D eigenvalue weighted by Crippen LogP contribution is -2.03. The molecule has 0 atom stereocenters. The first-order valence-corrected chi connectivity index (χ1v) is 15.2. The first-order chi connectivity index (χ1) is 20.3. The van der Waals surface area contributed by atoms with E-state index in [4.69, 9.17) is 9.97 Å². The van der Waals surface area contributed by atoms with Crippen molar-refractivity contribution >= 4 is 74.2 Å². The summed E-state index contributed by atoms with van der Waals surface area (Å²) >= 11 is 3.72. The van der Waals surface area contributed by atoms with E-state index < -0.39 is 0 Å². The van der Waals surface area contributed by atoms with E-state index in [1.807, 2.05) is 22.7 Å². The van der Waals surface area contributed by atoms with E-state index in [1.165, 1.54) is 51.7 Å². The Hall–Kier alpha value is -4.84. The van der Waals surface area contributed by atoms with Gasteiger partial charge < -0.3 is 0 Å². The lowest BCUT2D eigenvalue weighted by molar-refractivity contribution is 1.02. The van der Waals surface area contributed by atoms with Crippen LogP contribution in [0.2, 0.25) is 0 Å². The highest BCUT2D eigenvalue weighted by molar-refractivity contribution is 7.33. The van der Waals surface area contributed by atoms with Crippen LogP contribution < -0.4 is 0 Å². The molecule has 0 aliphatic rings. The SMILES string of the molecule is c1ccc(-c2cccc(-c3nc(-n4c5c6ccccc6sc5c5sc6ccccc6c54)nc4ccccc34)c2)cc1. The summed E-state index contributed by atoms with van der Waals surface area (Å²) in [6, 6.07) is 44.9. The van der Waals surface area contributed by atoms with Crippen molar-refractivity contribution in [2.24, 2.45) is 0 Å². The number of hydrogen-bond donors (Lipinski definition) is 0. The summed E-state index contributed by atoms with van der Waals surface area (Å²) < 4.78 is 7.47. The topological polar surface area (TPSA) is 30.7 Å². The second-order valence-corrected chi connectivity index (χ2v) is 12.3. The van der Waals surface area contributed by atoms with Crippen LogP contribution in [-0.4, -0.2) is 14.5 Å². The van der Waals surface area contributed by atoms with Gasteiger partial charge in [0.1, 0.15) is 0 Å². The summed E-state index contributed by atoms with van der Waals surface area (Å²) in [5.41, 5.74) is 7.70. The normalized spacial score (nSPS) is 11.9. The van der Waals surface area contributed by atoms with Crippen molar-refractivity contribution in [2.45, 2.75) is 0 Å². The quantitative estimate of drug-likeness (QED) is 0.216. The Balaban J connectivity index is 1.40. The average Bonchev–Trinajstić information content (AvgIpc) is 3.69. The molecule has 41 heavy (non-hydrogen) atoms. The lowest BCUT2D eigenvalue weighted by Gasteiger charge is -2.12. The van der Waals surface area contributed by atoms with E-state index in [-0.39, 0.29) is 0 Å². The Labute approximate surface area is 243 Å². The maximum Gasteiger partial charge on any atom is 0.235 e. The third-order valence-electron chi connectivity index (χ3n) is 7.83. The molecule has 0 fully saturated rings. The number of thiophene rings is 2. The van der Waals surface area contributed by atoms with Crippen molar-refractivity contribution in [3.05, 3.63) is 127 Å². The fraction of sp³-hybridized carbons (Fsp3) is 0. The van der Waals surface area contributed by atoms with E-state index in [1.54, 1.807) is 0 Å². The monoisotopic (exact) mass is 559 g/mol. The summed E-state index contributed by atoms with van der Waals surface area (Å²) in [5, 5.41) is 3.53. The third-order valence-corrected chi connectivity index (χ3v) is 10.3. The molecule has 0 aliphatic heterocycles. The second kappa shape index (κ2) is 8.83. The van der Waals surface area contributed by atoms with Crippen molar-refractivity contribution < 1.29 is 0 Å². The zero-order valence-corrected chi connectivity index (χ0v) is 23.4. The van der Waals surface area contributed by atoms with Crippen LogP contribution in [0.3, 0.4) is 0 Å². The number of fused-ring (bicyclic) bond motifs is 8.